The van der Waals surface area contributed by atoms with Crippen LogP contribution in [-0.2, 0) is 24.2 Å². The number of nitrogens with one attached hydrogen (secondary N) is 2. The Morgan fingerprint density at radius 3 is 2.88 bits per heavy atom. The largest absolute Gasteiger partial charge is 0.348 e. The fraction of sp³-hybridized carbons (Fsp3) is 0.421. The van der Waals surface area contributed by atoms with Gasteiger partial charge in [0.15, 0.2) is 0 Å². The lowest BCUT2D eigenvalue weighted by atomic mass is 10.1. The maximum atomic E-state index is 12.8. The Morgan fingerprint density at radius 2 is 2.16 bits per heavy atom. The van der Waals surface area contributed by atoms with Crippen LogP contribution < -0.4 is 10.6 Å². The molecule has 2 aromatic rings. The Labute approximate surface area is 151 Å². The first-order chi connectivity index (χ1) is 12.0. The van der Waals surface area contributed by atoms with Gasteiger partial charge in [0.2, 0.25) is 5.91 Å². The van der Waals surface area contributed by atoms with E-state index in [0.29, 0.717) is 23.5 Å². The average Bonchev–Trinajstić information content (AvgIpc) is 3.13. The summed E-state index contributed by atoms with van der Waals surface area (Å²) in [6, 6.07) is 3.78. The third kappa shape index (κ3) is 4.25. The van der Waals surface area contributed by atoms with Gasteiger partial charge in [0.05, 0.1) is 5.56 Å². The molecule has 0 saturated heterocycles. The molecular weight excluding hydrogens is 334 g/mol. The van der Waals surface area contributed by atoms with Gasteiger partial charge in [-0.2, -0.15) is 0 Å². The number of carbonyl (C=O) groups excluding carboxylic acids is 2. The van der Waals surface area contributed by atoms with Crippen LogP contribution in [0.2, 0.25) is 0 Å². The maximum absolute atomic E-state index is 12.8. The topological polar surface area (TPSA) is 71.1 Å². The van der Waals surface area contributed by atoms with Crippen LogP contribution in [0.1, 0.15) is 53.1 Å². The summed E-state index contributed by atoms with van der Waals surface area (Å²) in [6.45, 7) is 4.45. The van der Waals surface area contributed by atoms with Crippen molar-refractivity contribution in [1.82, 2.24) is 10.3 Å². The average molecular weight is 357 g/mol. The molecule has 0 radical (unpaired) electrons. The van der Waals surface area contributed by atoms with E-state index in [1.165, 1.54) is 4.88 Å². The van der Waals surface area contributed by atoms with Gasteiger partial charge >= 0.3 is 0 Å². The molecule has 1 aliphatic carbocycles. The molecule has 2 heterocycles. The number of fused-ring (bicyclic) bond motifs is 1. The van der Waals surface area contributed by atoms with Crippen molar-refractivity contribution in [3.8, 4) is 0 Å². The second-order valence-corrected chi connectivity index (χ2v) is 7.86. The minimum absolute atomic E-state index is 0.0313. The molecular formula is C19H23N3O2S. The number of amides is 2. The number of aromatic nitrogens is 1. The van der Waals surface area contributed by atoms with Crippen LogP contribution in [0.5, 0.6) is 0 Å². The number of hydrogen-bond donors (Lipinski definition) is 2. The van der Waals surface area contributed by atoms with E-state index in [0.717, 1.165) is 30.4 Å². The van der Waals surface area contributed by atoms with Gasteiger partial charge in [-0.25, -0.2) is 0 Å². The summed E-state index contributed by atoms with van der Waals surface area (Å²) in [5.41, 5.74) is 2.71. The molecule has 0 aromatic carbocycles. The standard InChI is InChI=1S/C19H23N3O2S/c1-12(2)9-16(23)22-19-17(14-6-3-7-15(14)25-19)18(24)21-11-13-5-4-8-20-10-13/h4-5,8,10,12H,3,6-7,9,11H2,1-2H3,(H,21,24)(H,22,23). The van der Waals surface area contributed by atoms with Crippen LogP contribution in [-0.4, -0.2) is 16.8 Å². The van der Waals surface area contributed by atoms with E-state index in [9.17, 15) is 9.59 Å². The van der Waals surface area contributed by atoms with E-state index >= 15 is 0 Å². The Bertz CT molecular complexity index is 768. The van der Waals surface area contributed by atoms with Crippen LogP contribution in [0, 0.1) is 5.92 Å². The minimum Gasteiger partial charge on any atom is -0.348 e. The Balaban J connectivity index is 1.76. The predicted molar refractivity (Wildman–Crippen MR) is 99.8 cm³/mol. The monoisotopic (exact) mass is 357 g/mol. The van der Waals surface area contributed by atoms with Crippen LogP contribution in [0.4, 0.5) is 5.00 Å². The van der Waals surface area contributed by atoms with Crippen LogP contribution in [0.25, 0.3) is 0 Å². The lowest BCUT2D eigenvalue weighted by molar-refractivity contribution is -0.116. The minimum atomic E-state index is -0.122. The van der Waals surface area contributed by atoms with Crippen LogP contribution in [0.15, 0.2) is 24.5 Å². The van der Waals surface area contributed by atoms with E-state index in [1.807, 2.05) is 26.0 Å². The Morgan fingerprint density at radius 1 is 1.32 bits per heavy atom. The first-order valence-corrected chi connectivity index (χ1v) is 9.47. The highest BCUT2D eigenvalue weighted by atomic mass is 32.1. The van der Waals surface area contributed by atoms with Gasteiger partial charge in [-0.05, 0) is 42.4 Å². The van der Waals surface area contributed by atoms with Gasteiger partial charge in [-0.1, -0.05) is 19.9 Å². The molecule has 2 amide bonds. The number of aryl methyl sites for hydroxylation is 1. The zero-order valence-electron chi connectivity index (χ0n) is 14.6. The molecule has 6 heteroatoms. The third-order valence-electron chi connectivity index (χ3n) is 4.17. The Hall–Kier alpha value is -2.21. The highest BCUT2D eigenvalue weighted by Gasteiger charge is 2.27. The van der Waals surface area contributed by atoms with Gasteiger partial charge in [0.1, 0.15) is 5.00 Å². The fourth-order valence-corrected chi connectivity index (χ4v) is 4.36. The van der Waals surface area contributed by atoms with Gasteiger partial charge in [0, 0.05) is 30.2 Å². The second kappa shape index (κ2) is 7.78. The molecule has 0 spiro atoms. The number of nitrogens with zero attached hydrogens (tertiary/aromatic N) is 1. The lowest BCUT2D eigenvalue weighted by Gasteiger charge is -2.10. The number of pyridine rings is 1. The van der Waals surface area contributed by atoms with Crippen molar-refractivity contribution >= 4 is 28.2 Å². The van der Waals surface area contributed by atoms with Crippen LogP contribution in [0.3, 0.4) is 0 Å². The van der Waals surface area contributed by atoms with Crippen molar-refractivity contribution in [1.29, 1.82) is 0 Å². The molecule has 5 nitrogen and oxygen atoms in total. The van der Waals surface area contributed by atoms with Gasteiger partial charge < -0.3 is 10.6 Å². The van der Waals surface area contributed by atoms with Crippen LogP contribution >= 0.6 is 11.3 Å². The maximum Gasteiger partial charge on any atom is 0.254 e. The highest BCUT2D eigenvalue weighted by Crippen LogP contribution is 2.39. The number of thiophene rings is 1. The number of hydrogen-bond acceptors (Lipinski definition) is 4. The van der Waals surface area contributed by atoms with E-state index in [2.05, 4.69) is 15.6 Å². The quantitative estimate of drug-likeness (QED) is 0.830. The SMILES string of the molecule is CC(C)CC(=O)Nc1sc2c(c1C(=O)NCc1cccnc1)CCC2. The summed E-state index contributed by atoms with van der Waals surface area (Å²) in [4.78, 5) is 30.2. The predicted octanol–water partition coefficient (Wildman–Crippen LogP) is 3.55. The van der Waals surface area contributed by atoms with E-state index in [4.69, 9.17) is 0 Å². The molecule has 0 unspecified atom stereocenters. The smallest absolute Gasteiger partial charge is 0.254 e. The normalized spacial score (nSPS) is 12.9. The fourth-order valence-electron chi connectivity index (χ4n) is 3.05. The molecule has 0 aliphatic heterocycles. The van der Waals surface area contributed by atoms with Gasteiger partial charge in [-0.3, -0.25) is 14.6 Å². The van der Waals surface area contributed by atoms with E-state index in [1.54, 1.807) is 23.7 Å². The van der Waals surface area contributed by atoms with Crippen molar-refractivity contribution in [2.24, 2.45) is 5.92 Å². The molecule has 3 rings (SSSR count). The summed E-state index contributed by atoms with van der Waals surface area (Å²) < 4.78 is 0. The number of rotatable bonds is 6. The number of carbonyl (C=O) groups is 2. The molecule has 0 atom stereocenters. The van der Waals surface area contributed by atoms with E-state index in [-0.39, 0.29) is 17.7 Å². The van der Waals surface area contributed by atoms with E-state index < -0.39 is 0 Å². The summed E-state index contributed by atoms with van der Waals surface area (Å²) in [5, 5.41) is 6.61. The van der Waals surface area contributed by atoms with Crippen molar-refractivity contribution in [2.75, 3.05) is 5.32 Å². The molecule has 2 N–H and O–H groups in total. The summed E-state index contributed by atoms with van der Waals surface area (Å²) in [5.74, 6) is 0.133. The molecule has 25 heavy (non-hydrogen) atoms. The molecule has 0 fully saturated rings. The molecule has 0 saturated carbocycles. The summed E-state index contributed by atoms with van der Waals surface area (Å²) in [6.07, 6.45) is 6.87. The zero-order chi connectivity index (χ0) is 17.8. The van der Waals surface area contributed by atoms with Crippen molar-refractivity contribution < 1.29 is 9.59 Å². The molecule has 0 bridgehead atoms. The summed E-state index contributed by atoms with van der Waals surface area (Å²) >= 11 is 1.55. The van der Waals surface area contributed by atoms with Gasteiger partial charge in [-0.15, -0.1) is 11.3 Å². The lowest BCUT2D eigenvalue weighted by Crippen LogP contribution is -2.25. The molecule has 1 aliphatic rings. The first-order valence-electron chi connectivity index (χ1n) is 8.66. The Kier molecular flexibility index (Phi) is 5.48. The second-order valence-electron chi connectivity index (χ2n) is 6.75. The van der Waals surface area contributed by atoms with Crippen molar-refractivity contribution in [3.05, 3.63) is 46.1 Å². The molecule has 132 valence electrons. The van der Waals surface area contributed by atoms with Crippen molar-refractivity contribution in [3.63, 3.8) is 0 Å². The highest BCUT2D eigenvalue weighted by molar-refractivity contribution is 7.17. The zero-order valence-corrected chi connectivity index (χ0v) is 15.4. The van der Waals surface area contributed by atoms with Gasteiger partial charge in [0.25, 0.3) is 5.91 Å². The van der Waals surface area contributed by atoms with Crippen molar-refractivity contribution in [2.45, 2.75) is 46.1 Å². The summed E-state index contributed by atoms with van der Waals surface area (Å²) in [7, 11) is 0. The number of anilines is 1. The molecule has 2 aromatic heterocycles. The third-order valence-corrected chi connectivity index (χ3v) is 5.38. The first kappa shape index (κ1) is 17.6.